The van der Waals surface area contributed by atoms with Gasteiger partial charge in [-0.1, -0.05) is 0 Å². The Balaban J connectivity index is 1.23. The maximum absolute atomic E-state index is 15.0. The van der Waals surface area contributed by atoms with Crippen molar-refractivity contribution in [1.82, 2.24) is 25.0 Å². The molecule has 7 rings (SSSR count). The lowest BCUT2D eigenvalue weighted by Gasteiger charge is -2.60. The number of fused-ring (bicyclic) bond motifs is 1. The maximum atomic E-state index is 15.0. The van der Waals surface area contributed by atoms with E-state index in [4.69, 9.17) is 14.2 Å². The summed E-state index contributed by atoms with van der Waals surface area (Å²) in [6.07, 6.45) is 1.45. The molecule has 0 unspecified atom stereocenters. The van der Waals surface area contributed by atoms with Gasteiger partial charge in [0.25, 0.3) is 15.9 Å². The Bertz CT molecular complexity index is 2010. The number of sulfonamides is 1. The maximum Gasteiger partial charge on any atom is 0.318 e. The highest BCUT2D eigenvalue weighted by Crippen LogP contribution is 2.50. The van der Waals surface area contributed by atoms with Crippen LogP contribution in [0, 0.1) is 22.6 Å². The Morgan fingerprint density at radius 1 is 1.06 bits per heavy atom. The number of rotatable bonds is 10. The fourth-order valence-corrected chi connectivity index (χ4v) is 9.15. The number of methoxy groups -OCH3 is 1. The number of morpholine rings is 1. The van der Waals surface area contributed by atoms with Crippen LogP contribution in [0.15, 0.2) is 59.6 Å². The summed E-state index contributed by atoms with van der Waals surface area (Å²) in [5.41, 5.74) is -2.13. The van der Waals surface area contributed by atoms with Gasteiger partial charge in [-0.25, -0.2) is 22.6 Å². The second kappa shape index (κ2) is 13.4. The SMILES string of the molecule is CCOc1ncccc1[C@@]1(NC(=O)N2CC3(CN(CCN4CCOCC4)C3)C2)C(=O)N(S(=O)(=O)c2ccc(F)cc2OC)c2ccc(C#N)cc21. The largest absolute Gasteiger partial charge is 0.495 e. The first-order valence-corrected chi connectivity index (χ1v) is 18.1. The van der Waals surface area contributed by atoms with Crippen LogP contribution in [0.1, 0.15) is 23.6 Å². The van der Waals surface area contributed by atoms with E-state index in [1.54, 1.807) is 17.9 Å². The van der Waals surface area contributed by atoms with Crippen molar-refractivity contribution in [2.24, 2.45) is 5.41 Å². The number of benzene rings is 2. The number of likely N-dealkylation sites (tertiary alicyclic amines) is 2. The Kier molecular flexibility index (Phi) is 9.08. The molecule has 3 amide bonds. The van der Waals surface area contributed by atoms with Crippen molar-refractivity contribution in [3.05, 3.63) is 77.2 Å². The van der Waals surface area contributed by atoms with Gasteiger partial charge >= 0.3 is 6.03 Å². The van der Waals surface area contributed by atoms with Crippen LogP contribution in [-0.2, 0) is 25.1 Å². The van der Waals surface area contributed by atoms with Crippen LogP contribution in [0.4, 0.5) is 14.9 Å². The Morgan fingerprint density at radius 2 is 1.80 bits per heavy atom. The molecule has 0 aliphatic carbocycles. The average Bonchev–Trinajstić information content (AvgIpc) is 3.34. The molecule has 2 aromatic carbocycles. The molecular weight excluding hydrogens is 681 g/mol. The molecule has 0 bridgehead atoms. The van der Waals surface area contributed by atoms with Crippen molar-refractivity contribution < 1.29 is 36.6 Å². The molecule has 3 saturated heterocycles. The zero-order valence-corrected chi connectivity index (χ0v) is 29.1. The molecule has 0 radical (unpaired) electrons. The fraction of sp³-hybridized carbons (Fsp3) is 0.429. The summed E-state index contributed by atoms with van der Waals surface area (Å²) >= 11 is 0. The van der Waals surface area contributed by atoms with E-state index in [1.807, 2.05) is 6.07 Å². The summed E-state index contributed by atoms with van der Waals surface area (Å²) in [6.45, 7) is 9.65. The van der Waals surface area contributed by atoms with Gasteiger partial charge in [-0.15, -0.1) is 0 Å². The van der Waals surface area contributed by atoms with Crippen molar-refractivity contribution in [2.75, 3.05) is 83.6 Å². The topological polar surface area (TPSA) is 158 Å². The molecule has 4 aliphatic heterocycles. The van der Waals surface area contributed by atoms with Gasteiger partial charge in [-0.05, 0) is 49.4 Å². The van der Waals surface area contributed by atoms with Crippen molar-refractivity contribution in [3.63, 3.8) is 0 Å². The minimum absolute atomic E-state index is 0.00412. The Hall–Kier alpha value is -4.82. The van der Waals surface area contributed by atoms with Gasteiger partial charge in [0.05, 0.1) is 49.8 Å². The second-order valence-electron chi connectivity index (χ2n) is 13.2. The molecule has 1 spiro atoms. The van der Waals surface area contributed by atoms with E-state index in [2.05, 4.69) is 20.1 Å². The van der Waals surface area contributed by atoms with Crippen LogP contribution in [0.2, 0.25) is 0 Å². The Morgan fingerprint density at radius 3 is 2.51 bits per heavy atom. The summed E-state index contributed by atoms with van der Waals surface area (Å²) in [6, 6.07) is 11.5. The molecule has 3 aromatic rings. The van der Waals surface area contributed by atoms with Crippen LogP contribution < -0.4 is 19.1 Å². The van der Waals surface area contributed by atoms with E-state index in [0.29, 0.717) is 17.4 Å². The number of urea groups is 1. The first-order valence-electron chi connectivity index (χ1n) is 16.7. The summed E-state index contributed by atoms with van der Waals surface area (Å²) in [4.78, 5) is 39.5. The number of aromatic nitrogens is 1. The molecule has 51 heavy (non-hydrogen) atoms. The predicted octanol–water partition coefficient (Wildman–Crippen LogP) is 2.14. The first kappa shape index (κ1) is 34.6. The van der Waals surface area contributed by atoms with Crippen LogP contribution in [0.5, 0.6) is 11.6 Å². The van der Waals surface area contributed by atoms with Crippen molar-refractivity contribution in [2.45, 2.75) is 17.4 Å². The first-order chi connectivity index (χ1) is 24.5. The van der Waals surface area contributed by atoms with Crippen LogP contribution in [0.25, 0.3) is 0 Å². The van der Waals surface area contributed by atoms with Crippen LogP contribution in [-0.4, -0.2) is 119 Å². The van der Waals surface area contributed by atoms with E-state index in [1.165, 1.54) is 37.6 Å². The second-order valence-corrected chi connectivity index (χ2v) is 15.0. The number of carbonyl (C=O) groups excluding carboxylic acids is 2. The lowest BCUT2D eigenvalue weighted by Crippen LogP contribution is -2.74. The highest BCUT2D eigenvalue weighted by atomic mass is 32.2. The summed E-state index contributed by atoms with van der Waals surface area (Å²) in [7, 11) is -3.61. The number of halogens is 1. The highest BCUT2D eigenvalue weighted by Gasteiger charge is 2.61. The number of anilines is 1. The molecule has 1 atom stereocenters. The molecule has 1 aromatic heterocycles. The zero-order chi connectivity index (χ0) is 36.0. The zero-order valence-electron chi connectivity index (χ0n) is 28.3. The number of hydrogen-bond acceptors (Lipinski definition) is 11. The highest BCUT2D eigenvalue weighted by molar-refractivity contribution is 7.93. The monoisotopic (exact) mass is 719 g/mol. The fourth-order valence-electron chi connectivity index (χ4n) is 7.54. The minimum atomic E-state index is -4.80. The number of pyridine rings is 1. The molecule has 14 nitrogen and oxygen atoms in total. The van der Waals surface area contributed by atoms with E-state index in [9.17, 15) is 22.9 Å². The van der Waals surface area contributed by atoms with Crippen molar-refractivity contribution in [3.8, 4) is 17.7 Å². The molecule has 1 N–H and O–H groups in total. The number of amides is 3. The standard InChI is InChI=1S/C35H38FN7O7S/c1-3-50-31-26(5-4-10-38-31)35(39-33(45)42-22-34(23-42)20-41(21-34)12-11-40-13-15-49-16-14-40)27-17-24(19-37)6-8-28(27)43(32(35)44)51(46,47)30-9-7-25(36)18-29(30)48-2/h4-10,17-18H,3,11-16,20-23H2,1-2H3,(H,39,45)/t35-/m0/s1. The van der Waals surface area contributed by atoms with Crippen LogP contribution >= 0.6 is 0 Å². The van der Waals surface area contributed by atoms with E-state index in [-0.39, 0.29) is 46.0 Å². The van der Waals surface area contributed by atoms with Crippen LogP contribution in [0.3, 0.4) is 0 Å². The smallest absolute Gasteiger partial charge is 0.318 e. The van der Waals surface area contributed by atoms with Gasteiger partial charge in [-0.3, -0.25) is 9.69 Å². The molecule has 268 valence electrons. The van der Waals surface area contributed by atoms with Gasteiger partial charge in [0.1, 0.15) is 16.5 Å². The van der Waals surface area contributed by atoms with Crippen molar-refractivity contribution in [1.29, 1.82) is 5.26 Å². The number of nitriles is 1. The third kappa shape index (κ3) is 5.93. The molecule has 4 aliphatic rings. The lowest BCUT2D eigenvalue weighted by molar-refractivity contribution is -0.122. The molecule has 5 heterocycles. The minimum Gasteiger partial charge on any atom is -0.495 e. The number of hydrogen-bond donors (Lipinski definition) is 1. The average molecular weight is 720 g/mol. The molecule has 16 heteroatoms. The third-order valence-electron chi connectivity index (χ3n) is 9.94. The predicted molar refractivity (Wildman–Crippen MR) is 181 cm³/mol. The number of nitrogens with zero attached hydrogens (tertiary/aromatic N) is 6. The summed E-state index contributed by atoms with van der Waals surface area (Å²) in [5, 5.41) is 12.8. The van der Waals surface area contributed by atoms with E-state index in [0.717, 1.165) is 70.7 Å². The molecular formula is C35H38FN7O7S. The Labute approximate surface area is 295 Å². The van der Waals surface area contributed by atoms with Gasteiger partial charge < -0.3 is 29.3 Å². The lowest BCUT2D eigenvalue weighted by atomic mass is 9.73. The normalized spacial score (nSPS) is 21.4. The summed E-state index contributed by atoms with van der Waals surface area (Å²) < 4.78 is 60.1. The molecule has 0 saturated carbocycles. The van der Waals surface area contributed by atoms with Gasteiger partial charge in [-0.2, -0.15) is 9.57 Å². The molecule has 3 fully saturated rings. The van der Waals surface area contributed by atoms with Crippen molar-refractivity contribution >= 4 is 27.6 Å². The quantitative estimate of drug-likeness (QED) is 0.328. The number of carbonyl (C=O) groups is 2. The van der Waals surface area contributed by atoms with Gasteiger partial charge in [0.2, 0.25) is 5.88 Å². The number of ether oxygens (including phenoxy) is 3. The van der Waals surface area contributed by atoms with E-state index >= 15 is 4.79 Å². The number of nitrogens with one attached hydrogen (secondary N) is 1. The van der Waals surface area contributed by atoms with Gasteiger partial charge in [0.15, 0.2) is 5.54 Å². The van der Waals surface area contributed by atoms with E-state index < -0.39 is 38.2 Å². The van der Waals surface area contributed by atoms with Gasteiger partial charge in [0, 0.05) is 75.6 Å². The third-order valence-corrected chi connectivity index (χ3v) is 11.7. The summed E-state index contributed by atoms with van der Waals surface area (Å²) in [5.74, 6) is -2.12.